The molecule has 1 aliphatic rings. The molecule has 3 N–H and O–H groups in total. The average molecular weight is 314 g/mol. The monoisotopic (exact) mass is 314 g/mol. The Balaban J connectivity index is 1.47. The van der Waals surface area contributed by atoms with E-state index in [1.54, 1.807) is 41.8 Å². The van der Waals surface area contributed by atoms with Crippen LogP contribution in [0.5, 0.6) is 0 Å². The summed E-state index contributed by atoms with van der Waals surface area (Å²) in [7, 11) is 0. The Labute approximate surface area is 133 Å². The third kappa shape index (κ3) is 3.85. The van der Waals surface area contributed by atoms with Gasteiger partial charge < -0.3 is 15.5 Å². The van der Waals surface area contributed by atoms with Gasteiger partial charge in [-0.25, -0.2) is 4.79 Å². The predicted molar refractivity (Wildman–Crippen MR) is 83.9 cm³/mol. The van der Waals surface area contributed by atoms with Crippen molar-refractivity contribution in [2.75, 3.05) is 18.4 Å². The number of carbonyl (C=O) groups excluding carboxylic acids is 2. The molecule has 0 spiro atoms. The van der Waals surface area contributed by atoms with Crippen LogP contribution in [-0.4, -0.2) is 51.2 Å². The van der Waals surface area contributed by atoms with Crippen molar-refractivity contribution in [1.29, 1.82) is 0 Å². The molecule has 23 heavy (non-hydrogen) atoms. The summed E-state index contributed by atoms with van der Waals surface area (Å²) in [6.07, 6.45) is 7.83. The highest BCUT2D eigenvalue weighted by atomic mass is 16.2. The molecule has 8 nitrogen and oxygen atoms in total. The van der Waals surface area contributed by atoms with Crippen LogP contribution in [0.1, 0.15) is 23.2 Å². The van der Waals surface area contributed by atoms with Crippen molar-refractivity contribution in [3.63, 3.8) is 0 Å². The van der Waals surface area contributed by atoms with Gasteiger partial charge in [-0.2, -0.15) is 5.10 Å². The molecule has 2 aromatic rings. The van der Waals surface area contributed by atoms with Crippen molar-refractivity contribution in [2.45, 2.75) is 18.9 Å². The van der Waals surface area contributed by atoms with E-state index in [2.05, 4.69) is 25.8 Å². The van der Waals surface area contributed by atoms with Gasteiger partial charge in [0.1, 0.15) is 0 Å². The highest BCUT2D eigenvalue weighted by Crippen LogP contribution is 2.13. The van der Waals surface area contributed by atoms with Gasteiger partial charge in [-0.3, -0.25) is 14.9 Å². The number of hydrogen-bond acceptors (Lipinski definition) is 4. The fourth-order valence-corrected chi connectivity index (χ4v) is 2.52. The fraction of sp³-hybridized carbons (Fsp3) is 0.333. The lowest BCUT2D eigenvalue weighted by molar-refractivity contribution is 0.0919. The largest absolute Gasteiger partial charge is 0.349 e. The van der Waals surface area contributed by atoms with Crippen LogP contribution >= 0.6 is 0 Å². The van der Waals surface area contributed by atoms with Gasteiger partial charge in [-0.05, 0) is 25.0 Å². The van der Waals surface area contributed by atoms with Crippen molar-refractivity contribution >= 4 is 17.6 Å². The van der Waals surface area contributed by atoms with E-state index in [0.29, 0.717) is 24.3 Å². The first kappa shape index (κ1) is 15.0. The number of hydrogen-bond donors (Lipinski definition) is 3. The van der Waals surface area contributed by atoms with Crippen LogP contribution in [0.25, 0.3) is 0 Å². The van der Waals surface area contributed by atoms with Crippen LogP contribution in [0.2, 0.25) is 0 Å². The number of piperidine rings is 1. The molecule has 120 valence electrons. The third-order valence-electron chi connectivity index (χ3n) is 3.81. The molecule has 1 aliphatic heterocycles. The number of anilines is 1. The number of nitrogens with one attached hydrogen (secondary N) is 3. The Morgan fingerprint density at radius 1 is 1.22 bits per heavy atom. The summed E-state index contributed by atoms with van der Waals surface area (Å²) in [6.45, 7) is 1.20. The number of urea groups is 1. The summed E-state index contributed by atoms with van der Waals surface area (Å²) >= 11 is 0. The number of aromatic amines is 1. The second-order valence-corrected chi connectivity index (χ2v) is 5.39. The average Bonchev–Trinajstić information content (AvgIpc) is 3.09. The second kappa shape index (κ2) is 6.91. The highest BCUT2D eigenvalue weighted by molar-refractivity contribution is 5.94. The van der Waals surface area contributed by atoms with E-state index in [0.717, 1.165) is 12.8 Å². The Morgan fingerprint density at radius 3 is 2.61 bits per heavy atom. The highest BCUT2D eigenvalue weighted by Gasteiger charge is 2.24. The number of rotatable bonds is 3. The number of H-pyrrole nitrogens is 1. The van der Waals surface area contributed by atoms with Crippen molar-refractivity contribution in [3.05, 3.63) is 42.5 Å². The van der Waals surface area contributed by atoms with Crippen molar-refractivity contribution in [3.8, 4) is 0 Å². The van der Waals surface area contributed by atoms with E-state index in [1.165, 1.54) is 0 Å². The van der Waals surface area contributed by atoms with E-state index in [-0.39, 0.29) is 18.0 Å². The fourth-order valence-electron chi connectivity index (χ4n) is 2.52. The first-order valence-corrected chi connectivity index (χ1v) is 7.48. The molecule has 3 heterocycles. The van der Waals surface area contributed by atoms with Gasteiger partial charge in [0, 0.05) is 43.3 Å². The van der Waals surface area contributed by atoms with Gasteiger partial charge in [0.05, 0.1) is 11.9 Å². The van der Waals surface area contributed by atoms with Crippen molar-refractivity contribution < 1.29 is 9.59 Å². The Bertz CT molecular complexity index is 650. The van der Waals surface area contributed by atoms with Crippen LogP contribution in [0.15, 0.2) is 36.9 Å². The maximum atomic E-state index is 12.1. The first-order valence-electron chi connectivity index (χ1n) is 7.48. The maximum absolute atomic E-state index is 12.1. The Hall–Kier alpha value is -2.90. The first-order chi connectivity index (χ1) is 11.2. The molecular weight excluding hydrogens is 296 g/mol. The van der Waals surface area contributed by atoms with Crippen LogP contribution < -0.4 is 10.6 Å². The lowest BCUT2D eigenvalue weighted by Gasteiger charge is -2.32. The van der Waals surface area contributed by atoms with E-state index >= 15 is 0 Å². The van der Waals surface area contributed by atoms with Crippen LogP contribution in [0.4, 0.5) is 10.5 Å². The zero-order chi connectivity index (χ0) is 16.1. The molecule has 0 bridgehead atoms. The smallest absolute Gasteiger partial charge is 0.321 e. The number of likely N-dealkylation sites (tertiary alicyclic amines) is 1. The lowest BCUT2D eigenvalue weighted by Crippen LogP contribution is -2.47. The quantitative estimate of drug-likeness (QED) is 0.792. The molecule has 0 aromatic carbocycles. The molecule has 1 saturated heterocycles. The molecule has 3 amide bonds. The summed E-state index contributed by atoms with van der Waals surface area (Å²) in [6, 6.07) is 3.30. The topological polar surface area (TPSA) is 103 Å². The molecule has 0 aliphatic carbocycles. The Morgan fingerprint density at radius 2 is 1.96 bits per heavy atom. The predicted octanol–water partition coefficient (Wildman–Crippen LogP) is 1.23. The number of amides is 3. The minimum Gasteiger partial charge on any atom is -0.349 e. The molecule has 0 atom stereocenters. The molecular formula is C15H18N6O2. The number of pyridine rings is 1. The van der Waals surface area contributed by atoms with Gasteiger partial charge in [0.15, 0.2) is 0 Å². The van der Waals surface area contributed by atoms with E-state index in [9.17, 15) is 9.59 Å². The van der Waals surface area contributed by atoms with Gasteiger partial charge in [-0.15, -0.1) is 0 Å². The van der Waals surface area contributed by atoms with E-state index < -0.39 is 0 Å². The minimum atomic E-state index is -0.148. The van der Waals surface area contributed by atoms with Gasteiger partial charge in [0.2, 0.25) is 0 Å². The van der Waals surface area contributed by atoms with Gasteiger partial charge in [0.25, 0.3) is 5.91 Å². The summed E-state index contributed by atoms with van der Waals surface area (Å²) in [5.74, 6) is -0.103. The standard InChI is InChI=1S/C15H18N6O2/c22-14(11-1-5-16-6-2-11)19-12-3-7-21(8-4-12)15(23)20-13-9-17-18-10-13/h1-2,5-6,9-10,12H,3-4,7-8H2,(H,17,18)(H,19,22)(H,20,23). The summed E-state index contributed by atoms with van der Waals surface area (Å²) in [4.78, 5) is 29.8. The van der Waals surface area contributed by atoms with E-state index in [4.69, 9.17) is 0 Å². The lowest BCUT2D eigenvalue weighted by atomic mass is 10.0. The zero-order valence-corrected chi connectivity index (χ0v) is 12.5. The third-order valence-corrected chi connectivity index (χ3v) is 3.81. The summed E-state index contributed by atoms with van der Waals surface area (Å²) in [5.41, 5.74) is 1.24. The number of nitrogens with zero attached hydrogens (tertiary/aromatic N) is 3. The summed E-state index contributed by atoms with van der Waals surface area (Å²) < 4.78 is 0. The molecule has 1 fully saturated rings. The minimum absolute atomic E-state index is 0.0774. The molecule has 8 heteroatoms. The van der Waals surface area contributed by atoms with Crippen LogP contribution in [0.3, 0.4) is 0 Å². The van der Waals surface area contributed by atoms with Crippen molar-refractivity contribution in [1.82, 2.24) is 25.4 Å². The van der Waals surface area contributed by atoms with Crippen LogP contribution in [-0.2, 0) is 0 Å². The number of carbonyl (C=O) groups is 2. The SMILES string of the molecule is O=C(NC1CCN(C(=O)Nc2cn[nH]c2)CC1)c1ccncc1. The molecule has 2 aromatic heterocycles. The normalized spacial score (nSPS) is 15.2. The van der Waals surface area contributed by atoms with Crippen LogP contribution in [0, 0.1) is 0 Å². The summed E-state index contributed by atoms with van der Waals surface area (Å²) in [5, 5.41) is 12.2. The molecule has 3 rings (SSSR count). The number of aromatic nitrogens is 3. The maximum Gasteiger partial charge on any atom is 0.321 e. The molecule has 0 saturated carbocycles. The molecule has 0 radical (unpaired) electrons. The van der Waals surface area contributed by atoms with Gasteiger partial charge in [-0.1, -0.05) is 0 Å². The molecule has 0 unspecified atom stereocenters. The van der Waals surface area contributed by atoms with Gasteiger partial charge >= 0.3 is 6.03 Å². The zero-order valence-electron chi connectivity index (χ0n) is 12.5. The van der Waals surface area contributed by atoms with E-state index in [1.807, 2.05) is 0 Å². The van der Waals surface area contributed by atoms with Crippen molar-refractivity contribution in [2.24, 2.45) is 0 Å². The Kier molecular flexibility index (Phi) is 4.51. The second-order valence-electron chi connectivity index (χ2n) is 5.39.